The molecule has 158 valence electrons. The number of fused-ring (bicyclic) bond motifs is 1. The van der Waals surface area contributed by atoms with Crippen molar-refractivity contribution in [3.63, 3.8) is 0 Å². The minimum absolute atomic E-state index is 0.142. The zero-order valence-corrected chi connectivity index (χ0v) is 17.2. The molecule has 0 unspecified atom stereocenters. The molecule has 1 saturated heterocycles. The molecule has 5 rings (SSSR count). The molecule has 2 aromatic rings. The molecule has 0 bridgehead atoms. The lowest BCUT2D eigenvalue weighted by Gasteiger charge is -2.33. The molecule has 1 N–H and O–H groups in total. The summed E-state index contributed by atoms with van der Waals surface area (Å²) in [5.74, 6) is -0.902. The van der Waals surface area contributed by atoms with Crippen LogP contribution in [0.5, 0.6) is 0 Å². The Bertz CT molecular complexity index is 970. The Morgan fingerprint density at radius 2 is 1.77 bits per heavy atom. The first-order valence-corrected chi connectivity index (χ1v) is 11.2. The third-order valence-corrected chi connectivity index (χ3v) is 7.49. The summed E-state index contributed by atoms with van der Waals surface area (Å²) in [5.41, 5.74) is 2.44. The Hall–Kier alpha value is -2.50. The SMILES string of the molecule is O=C(NC1CCC2(CC1)CC2)C(=O)N1CCC(c2ccnc3ccc(F)cc23)CC1. The number of pyridine rings is 1. The summed E-state index contributed by atoms with van der Waals surface area (Å²) < 4.78 is 13.8. The zero-order valence-electron chi connectivity index (χ0n) is 17.2. The predicted molar refractivity (Wildman–Crippen MR) is 112 cm³/mol. The molecule has 0 atom stereocenters. The first-order valence-electron chi connectivity index (χ1n) is 11.2. The van der Waals surface area contributed by atoms with Crippen molar-refractivity contribution in [3.8, 4) is 0 Å². The monoisotopic (exact) mass is 409 g/mol. The van der Waals surface area contributed by atoms with Crippen LogP contribution < -0.4 is 5.32 Å². The lowest BCUT2D eigenvalue weighted by atomic mass is 9.83. The van der Waals surface area contributed by atoms with Gasteiger partial charge in [0, 0.05) is 30.7 Å². The molecule has 2 amide bonds. The van der Waals surface area contributed by atoms with Gasteiger partial charge in [0.25, 0.3) is 0 Å². The predicted octanol–water partition coefficient (Wildman–Crippen LogP) is 3.92. The van der Waals surface area contributed by atoms with Gasteiger partial charge in [-0.1, -0.05) is 0 Å². The Kier molecular flexibility index (Phi) is 4.95. The van der Waals surface area contributed by atoms with Gasteiger partial charge in [-0.2, -0.15) is 0 Å². The molecule has 1 aliphatic heterocycles. The van der Waals surface area contributed by atoms with Gasteiger partial charge < -0.3 is 10.2 Å². The van der Waals surface area contributed by atoms with Crippen LogP contribution in [0.2, 0.25) is 0 Å². The number of nitrogens with one attached hydrogen (secondary N) is 1. The van der Waals surface area contributed by atoms with Crippen molar-refractivity contribution in [2.24, 2.45) is 5.41 Å². The number of piperidine rings is 1. The van der Waals surface area contributed by atoms with Crippen LogP contribution in [-0.4, -0.2) is 40.8 Å². The number of halogens is 1. The zero-order chi connectivity index (χ0) is 20.7. The van der Waals surface area contributed by atoms with Crippen LogP contribution >= 0.6 is 0 Å². The molecule has 6 heteroatoms. The molecule has 2 saturated carbocycles. The Morgan fingerprint density at radius 1 is 1.03 bits per heavy atom. The second kappa shape index (κ2) is 7.64. The highest BCUT2D eigenvalue weighted by atomic mass is 19.1. The maximum atomic E-state index is 13.8. The fraction of sp³-hybridized carbons (Fsp3) is 0.542. The number of carbonyl (C=O) groups is 2. The van der Waals surface area contributed by atoms with Crippen molar-refractivity contribution < 1.29 is 14.0 Å². The fourth-order valence-corrected chi connectivity index (χ4v) is 5.33. The van der Waals surface area contributed by atoms with Crippen LogP contribution in [0.25, 0.3) is 10.9 Å². The van der Waals surface area contributed by atoms with Crippen molar-refractivity contribution in [1.82, 2.24) is 15.2 Å². The quantitative estimate of drug-likeness (QED) is 0.765. The number of rotatable bonds is 2. The van der Waals surface area contributed by atoms with Gasteiger partial charge in [-0.05, 0) is 92.5 Å². The number of benzene rings is 1. The minimum atomic E-state index is -0.457. The number of aromatic nitrogens is 1. The van der Waals surface area contributed by atoms with Gasteiger partial charge in [-0.3, -0.25) is 14.6 Å². The summed E-state index contributed by atoms with van der Waals surface area (Å²) >= 11 is 0. The molecule has 3 aliphatic rings. The molecule has 2 aliphatic carbocycles. The highest BCUT2D eigenvalue weighted by molar-refractivity contribution is 6.35. The van der Waals surface area contributed by atoms with Crippen LogP contribution in [0.1, 0.15) is 62.8 Å². The largest absolute Gasteiger partial charge is 0.345 e. The van der Waals surface area contributed by atoms with E-state index >= 15 is 0 Å². The number of amides is 2. The van der Waals surface area contributed by atoms with Crippen molar-refractivity contribution in [2.75, 3.05) is 13.1 Å². The summed E-state index contributed by atoms with van der Waals surface area (Å²) in [4.78, 5) is 31.2. The van der Waals surface area contributed by atoms with Crippen LogP contribution in [0.15, 0.2) is 30.5 Å². The van der Waals surface area contributed by atoms with E-state index in [4.69, 9.17) is 0 Å². The average Bonchev–Trinajstić information content (AvgIpc) is 3.53. The molecule has 3 fully saturated rings. The minimum Gasteiger partial charge on any atom is -0.345 e. The van der Waals surface area contributed by atoms with Crippen molar-refractivity contribution >= 4 is 22.7 Å². The van der Waals surface area contributed by atoms with Crippen molar-refractivity contribution in [3.05, 3.63) is 41.8 Å². The summed E-state index contributed by atoms with van der Waals surface area (Å²) in [6, 6.07) is 6.76. The molecule has 1 aromatic heterocycles. The van der Waals surface area contributed by atoms with Gasteiger partial charge in [-0.15, -0.1) is 0 Å². The number of hydrogen-bond donors (Lipinski definition) is 1. The van der Waals surface area contributed by atoms with Gasteiger partial charge in [0.1, 0.15) is 5.82 Å². The highest BCUT2D eigenvalue weighted by Gasteiger charge is 2.45. The number of carbonyl (C=O) groups excluding carboxylic acids is 2. The molecule has 1 spiro atoms. The molecular weight excluding hydrogens is 381 g/mol. The molecule has 30 heavy (non-hydrogen) atoms. The van der Waals surface area contributed by atoms with Gasteiger partial charge >= 0.3 is 11.8 Å². The highest BCUT2D eigenvalue weighted by Crippen LogP contribution is 2.56. The summed E-state index contributed by atoms with van der Waals surface area (Å²) in [7, 11) is 0. The number of nitrogens with zero attached hydrogens (tertiary/aromatic N) is 2. The maximum absolute atomic E-state index is 13.8. The fourth-order valence-electron chi connectivity index (χ4n) is 5.33. The van der Waals surface area contributed by atoms with E-state index in [9.17, 15) is 14.0 Å². The standard InChI is InChI=1S/C24H28FN3O2/c25-17-1-2-21-20(15-17)19(5-12-26-21)16-6-13-28(14-7-16)23(30)22(29)27-18-3-8-24(9-4-18)10-11-24/h1-2,5,12,15-16,18H,3-4,6-11,13-14H2,(H,27,29). The van der Waals surface area contributed by atoms with E-state index in [0.29, 0.717) is 18.5 Å². The smallest absolute Gasteiger partial charge is 0.311 e. The molecular formula is C24H28FN3O2. The van der Waals surface area contributed by atoms with Gasteiger partial charge in [0.05, 0.1) is 5.52 Å². The van der Waals surface area contributed by atoms with Gasteiger partial charge in [0.2, 0.25) is 0 Å². The lowest BCUT2D eigenvalue weighted by Crippen LogP contribution is -2.49. The maximum Gasteiger partial charge on any atom is 0.311 e. The lowest BCUT2D eigenvalue weighted by molar-refractivity contribution is -0.147. The van der Waals surface area contributed by atoms with Crippen LogP contribution in [0, 0.1) is 11.2 Å². The van der Waals surface area contributed by atoms with Crippen molar-refractivity contribution in [1.29, 1.82) is 0 Å². The van der Waals surface area contributed by atoms with Crippen molar-refractivity contribution in [2.45, 2.75) is 63.3 Å². The summed E-state index contributed by atoms with van der Waals surface area (Å²) in [6.07, 6.45) is 10.3. The summed E-state index contributed by atoms with van der Waals surface area (Å²) in [5, 5.41) is 3.81. The number of likely N-dealkylation sites (tertiary alicyclic amines) is 1. The molecule has 1 aromatic carbocycles. The van der Waals surface area contributed by atoms with Gasteiger partial charge in [0.15, 0.2) is 0 Å². The van der Waals surface area contributed by atoms with E-state index < -0.39 is 11.8 Å². The van der Waals surface area contributed by atoms with Crippen LogP contribution in [0.3, 0.4) is 0 Å². The Labute approximate surface area is 176 Å². The third kappa shape index (κ3) is 3.80. The van der Waals surface area contributed by atoms with Crippen LogP contribution in [0.4, 0.5) is 4.39 Å². The second-order valence-electron chi connectivity index (χ2n) is 9.38. The number of hydrogen-bond acceptors (Lipinski definition) is 3. The topological polar surface area (TPSA) is 62.3 Å². The molecule has 0 radical (unpaired) electrons. The van der Waals surface area contributed by atoms with E-state index in [0.717, 1.165) is 42.1 Å². The Morgan fingerprint density at radius 3 is 2.47 bits per heavy atom. The van der Waals surface area contributed by atoms with Crippen LogP contribution in [-0.2, 0) is 9.59 Å². The van der Waals surface area contributed by atoms with Gasteiger partial charge in [-0.25, -0.2) is 4.39 Å². The third-order valence-electron chi connectivity index (χ3n) is 7.49. The first-order chi connectivity index (χ1) is 14.5. The molecule has 2 heterocycles. The Balaban J connectivity index is 1.18. The summed E-state index contributed by atoms with van der Waals surface area (Å²) in [6.45, 7) is 1.09. The van der Waals surface area contributed by atoms with E-state index in [1.807, 2.05) is 6.07 Å². The normalized spacial score (nSPS) is 21.7. The van der Waals surface area contributed by atoms with E-state index in [1.165, 1.54) is 31.7 Å². The van der Waals surface area contributed by atoms with E-state index in [1.54, 1.807) is 23.2 Å². The average molecular weight is 410 g/mol. The second-order valence-corrected chi connectivity index (χ2v) is 9.38. The van der Waals surface area contributed by atoms with E-state index in [-0.39, 0.29) is 17.8 Å². The van der Waals surface area contributed by atoms with E-state index in [2.05, 4.69) is 10.3 Å². The first kappa shape index (κ1) is 19.5. The molecule has 5 nitrogen and oxygen atoms in total.